The smallest absolute Gasteiger partial charge is 0.182 e. The molecule has 0 aliphatic rings. The fourth-order valence-corrected chi connectivity index (χ4v) is 1.62. The summed E-state index contributed by atoms with van der Waals surface area (Å²) in [5.74, 6) is 1.30. The lowest BCUT2D eigenvalue weighted by atomic mass is 10.1. The molecular weight excluding hydrogens is 218 g/mol. The van der Waals surface area contributed by atoms with Gasteiger partial charge in [-0.05, 0) is 18.2 Å². The minimum Gasteiger partial charge on any atom is -0.493 e. The zero-order valence-corrected chi connectivity index (χ0v) is 9.69. The third-order valence-corrected chi connectivity index (χ3v) is 2.47. The van der Waals surface area contributed by atoms with Crippen molar-refractivity contribution in [3.8, 4) is 22.8 Å². The molecule has 17 heavy (non-hydrogen) atoms. The van der Waals surface area contributed by atoms with Crippen molar-refractivity contribution in [2.75, 3.05) is 14.2 Å². The van der Waals surface area contributed by atoms with Gasteiger partial charge in [0.05, 0.1) is 14.2 Å². The number of nitrogens with one attached hydrogen (secondary N) is 1. The number of hydrogen-bond donors (Lipinski definition) is 1. The molecule has 2 aromatic rings. The molecule has 0 fully saturated rings. The van der Waals surface area contributed by atoms with Gasteiger partial charge in [-0.25, -0.2) is 0 Å². The Bertz CT molecular complexity index is 575. The summed E-state index contributed by atoms with van der Waals surface area (Å²) in [5, 5.41) is 0. The van der Waals surface area contributed by atoms with E-state index in [4.69, 9.17) is 9.47 Å². The van der Waals surface area contributed by atoms with Gasteiger partial charge in [-0.3, -0.25) is 4.79 Å². The zero-order valence-electron chi connectivity index (χ0n) is 9.69. The second-order valence-electron chi connectivity index (χ2n) is 3.51. The molecule has 0 unspecified atom stereocenters. The number of aromatic amines is 1. The Hall–Kier alpha value is -2.23. The van der Waals surface area contributed by atoms with Gasteiger partial charge >= 0.3 is 0 Å². The van der Waals surface area contributed by atoms with Gasteiger partial charge in [-0.2, -0.15) is 0 Å². The average Bonchev–Trinajstić information content (AvgIpc) is 2.38. The molecule has 0 saturated heterocycles. The second-order valence-corrected chi connectivity index (χ2v) is 3.51. The molecule has 1 aromatic heterocycles. The van der Waals surface area contributed by atoms with Crippen LogP contribution in [-0.4, -0.2) is 19.2 Å². The van der Waals surface area contributed by atoms with Gasteiger partial charge in [-0.15, -0.1) is 0 Å². The molecular formula is C13H13NO3. The molecule has 1 N–H and O–H groups in total. The number of aromatic nitrogens is 1. The fraction of sp³-hybridized carbons (Fsp3) is 0.154. The summed E-state index contributed by atoms with van der Waals surface area (Å²) >= 11 is 0. The lowest BCUT2D eigenvalue weighted by Crippen LogP contribution is -1.98. The molecule has 0 saturated carbocycles. The van der Waals surface area contributed by atoms with E-state index in [2.05, 4.69) is 4.98 Å². The second kappa shape index (κ2) is 4.74. The zero-order chi connectivity index (χ0) is 12.3. The summed E-state index contributed by atoms with van der Waals surface area (Å²) in [6.07, 6.45) is 1.62. The first-order chi connectivity index (χ1) is 8.24. The highest BCUT2D eigenvalue weighted by molar-refractivity contribution is 5.63. The average molecular weight is 231 g/mol. The first-order valence-electron chi connectivity index (χ1n) is 5.15. The predicted octanol–water partition coefficient (Wildman–Crippen LogP) is 2.06. The van der Waals surface area contributed by atoms with Gasteiger partial charge in [0.15, 0.2) is 16.9 Å². The standard InChI is InChI=1S/C13H13NO3/c1-16-12-4-3-9(7-13(12)17-2)11-8-10(15)5-6-14-11/h3-8H,1-2H3,(H,14,15). The number of rotatable bonds is 3. The van der Waals surface area contributed by atoms with Crippen LogP contribution in [0, 0.1) is 0 Å². The molecule has 4 heteroatoms. The van der Waals surface area contributed by atoms with Crippen molar-refractivity contribution in [3.05, 3.63) is 46.8 Å². The molecule has 2 rings (SSSR count). The predicted molar refractivity (Wildman–Crippen MR) is 65.6 cm³/mol. The van der Waals surface area contributed by atoms with E-state index in [0.29, 0.717) is 11.5 Å². The largest absolute Gasteiger partial charge is 0.493 e. The van der Waals surface area contributed by atoms with Crippen LogP contribution in [0.3, 0.4) is 0 Å². The Balaban J connectivity index is 2.50. The Morgan fingerprint density at radius 2 is 1.76 bits per heavy atom. The van der Waals surface area contributed by atoms with E-state index in [1.807, 2.05) is 12.1 Å². The summed E-state index contributed by atoms with van der Waals surface area (Å²) in [5.41, 5.74) is 1.59. The van der Waals surface area contributed by atoms with Crippen molar-refractivity contribution in [2.24, 2.45) is 0 Å². The van der Waals surface area contributed by atoms with Crippen molar-refractivity contribution in [1.82, 2.24) is 4.98 Å². The van der Waals surface area contributed by atoms with Crippen LogP contribution >= 0.6 is 0 Å². The van der Waals surface area contributed by atoms with Crippen LogP contribution in [0.15, 0.2) is 41.3 Å². The van der Waals surface area contributed by atoms with Crippen LogP contribution < -0.4 is 14.9 Å². The van der Waals surface area contributed by atoms with Gasteiger partial charge < -0.3 is 14.5 Å². The summed E-state index contributed by atoms with van der Waals surface area (Å²) < 4.78 is 10.4. The van der Waals surface area contributed by atoms with Crippen molar-refractivity contribution in [3.63, 3.8) is 0 Å². The number of hydrogen-bond acceptors (Lipinski definition) is 3. The van der Waals surface area contributed by atoms with E-state index in [9.17, 15) is 4.79 Å². The van der Waals surface area contributed by atoms with Gasteiger partial charge in [0.2, 0.25) is 0 Å². The van der Waals surface area contributed by atoms with Gasteiger partial charge in [0.25, 0.3) is 0 Å². The monoisotopic (exact) mass is 231 g/mol. The summed E-state index contributed by atoms with van der Waals surface area (Å²) in [6.45, 7) is 0. The van der Waals surface area contributed by atoms with Crippen LogP contribution in [0.1, 0.15) is 0 Å². The normalized spacial score (nSPS) is 10.0. The van der Waals surface area contributed by atoms with E-state index in [1.54, 1.807) is 32.5 Å². The lowest BCUT2D eigenvalue weighted by molar-refractivity contribution is 0.355. The molecule has 4 nitrogen and oxygen atoms in total. The van der Waals surface area contributed by atoms with E-state index in [-0.39, 0.29) is 5.43 Å². The third-order valence-electron chi connectivity index (χ3n) is 2.47. The number of methoxy groups -OCH3 is 2. The van der Waals surface area contributed by atoms with Crippen molar-refractivity contribution < 1.29 is 9.47 Å². The molecule has 1 aromatic carbocycles. The number of H-pyrrole nitrogens is 1. The fourth-order valence-electron chi connectivity index (χ4n) is 1.62. The highest BCUT2D eigenvalue weighted by atomic mass is 16.5. The Morgan fingerprint density at radius 1 is 1.00 bits per heavy atom. The summed E-state index contributed by atoms with van der Waals surface area (Å²) in [6, 6.07) is 8.52. The van der Waals surface area contributed by atoms with E-state index in [1.165, 1.54) is 6.07 Å². The molecule has 0 amide bonds. The summed E-state index contributed by atoms with van der Waals surface area (Å²) in [4.78, 5) is 14.3. The quantitative estimate of drug-likeness (QED) is 0.879. The van der Waals surface area contributed by atoms with E-state index in [0.717, 1.165) is 11.3 Å². The molecule has 88 valence electrons. The summed E-state index contributed by atoms with van der Waals surface area (Å²) in [7, 11) is 3.16. The number of benzene rings is 1. The molecule has 0 spiro atoms. The third kappa shape index (κ3) is 2.30. The number of ether oxygens (including phenoxy) is 2. The van der Waals surface area contributed by atoms with Gasteiger partial charge in [-0.1, -0.05) is 0 Å². The van der Waals surface area contributed by atoms with E-state index < -0.39 is 0 Å². The van der Waals surface area contributed by atoms with Gasteiger partial charge in [0.1, 0.15) is 0 Å². The van der Waals surface area contributed by atoms with Crippen molar-refractivity contribution in [2.45, 2.75) is 0 Å². The topological polar surface area (TPSA) is 51.3 Å². The van der Waals surface area contributed by atoms with Gasteiger partial charge in [0, 0.05) is 29.6 Å². The Morgan fingerprint density at radius 3 is 2.41 bits per heavy atom. The lowest BCUT2D eigenvalue weighted by Gasteiger charge is -2.09. The van der Waals surface area contributed by atoms with Crippen LogP contribution in [0.25, 0.3) is 11.3 Å². The molecule has 0 aliphatic heterocycles. The maximum atomic E-state index is 11.3. The van der Waals surface area contributed by atoms with Crippen LogP contribution in [-0.2, 0) is 0 Å². The highest BCUT2D eigenvalue weighted by Gasteiger charge is 2.06. The van der Waals surface area contributed by atoms with Crippen LogP contribution in [0.2, 0.25) is 0 Å². The van der Waals surface area contributed by atoms with Crippen LogP contribution in [0.4, 0.5) is 0 Å². The first-order valence-corrected chi connectivity index (χ1v) is 5.15. The SMILES string of the molecule is COc1ccc(-c2cc(=O)cc[nH]2)cc1OC. The minimum atomic E-state index is -0.0338. The Labute approximate surface area is 98.8 Å². The molecule has 0 atom stereocenters. The molecule has 0 bridgehead atoms. The highest BCUT2D eigenvalue weighted by Crippen LogP contribution is 2.30. The maximum absolute atomic E-state index is 11.3. The molecule has 1 heterocycles. The number of pyridine rings is 1. The minimum absolute atomic E-state index is 0.0338. The molecule has 0 aliphatic carbocycles. The van der Waals surface area contributed by atoms with Crippen molar-refractivity contribution >= 4 is 0 Å². The van der Waals surface area contributed by atoms with E-state index >= 15 is 0 Å². The van der Waals surface area contributed by atoms with Crippen molar-refractivity contribution in [1.29, 1.82) is 0 Å². The Kier molecular flexibility index (Phi) is 3.14. The van der Waals surface area contributed by atoms with Crippen LogP contribution in [0.5, 0.6) is 11.5 Å². The first kappa shape index (κ1) is 11.3. The molecule has 0 radical (unpaired) electrons. The maximum Gasteiger partial charge on any atom is 0.182 e.